The van der Waals surface area contributed by atoms with E-state index in [0.717, 1.165) is 28.6 Å². The fourth-order valence-corrected chi connectivity index (χ4v) is 4.94. The first-order chi connectivity index (χ1) is 20.0. The lowest BCUT2D eigenvalue weighted by Gasteiger charge is -2.10. The number of nitrogens with zero attached hydrogens (tertiary/aromatic N) is 1. The molecule has 1 amide bonds. The lowest BCUT2D eigenvalue weighted by atomic mass is 10.0. The molecule has 212 valence electrons. The highest BCUT2D eigenvalue weighted by Gasteiger charge is 2.31. The number of alkyl halides is 3. The number of hydrazone groups is 1. The molecule has 0 saturated heterocycles. The van der Waals surface area contributed by atoms with Gasteiger partial charge in [0.2, 0.25) is 0 Å². The van der Waals surface area contributed by atoms with Gasteiger partial charge in [0.1, 0.15) is 11.4 Å². The standard InChI is InChI=1S/C31H20BrClF3N3O3/c1-17-9-11-25-23(13-17)27(22-7-2-3-8-24(22)33)28(38-25)29(40)39-37-16-19-15-21(32)10-12-26(19)42-30(41)18-5-4-6-20(14-18)31(34,35)36/h2-16,38H,1H3,(H,39,40). The van der Waals surface area contributed by atoms with E-state index in [1.54, 1.807) is 24.3 Å². The van der Waals surface area contributed by atoms with E-state index in [2.05, 4.69) is 31.4 Å². The molecule has 0 spiro atoms. The monoisotopic (exact) mass is 653 g/mol. The number of fused-ring (bicyclic) bond motifs is 1. The molecule has 1 heterocycles. The van der Waals surface area contributed by atoms with Crippen molar-refractivity contribution in [2.45, 2.75) is 13.1 Å². The zero-order valence-electron chi connectivity index (χ0n) is 21.7. The maximum atomic E-state index is 13.3. The zero-order valence-corrected chi connectivity index (χ0v) is 24.1. The fourth-order valence-electron chi connectivity index (χ4n) is 4.33. The lowest BCUT2D eigenvalue weighted by molar-refractivity contribution is -0.137. The third-order valence-electron chi connectivity index (χ3n) is 6.29. The molecule has 1 aromatic heterocycles. The van der Waals surface area contributed by atoms with Crippen molar-refractivity contribution in [2.75, 3.05) is 0 Å². The van der Waals surface area contributed by atoms with Gasteiger partial charge in [-0.1, -0.05) is 63.4 Å². The van der Waals surface area contributed by atoms with Crippen LogP contribution in [-0.2, 0) is 6.18 Å². The summed E-state index contributed by atoms with van der Waals surface area (Å²) in [7, 11) is 0. The predicted octanol–water partition coefficient (Wildman–Crippen LogP) is 8.56. The Morgan fingerprint density at radius 3 is 2.55 bits per heavy atom. The molecule has 4 aromatic carbocycles. The minimum atomic E-state index is -4.61. The third kappa shape index (κ3) is 6.24. The van der Waals surface area contributed by atoms with Crippen LogP contribution in [-0.4, -0.2) is 23.1 Å². The van der Waals surface area contributed by atoms with Gasteiger partial charge in [0.15, 0.2) is 0 Å². The number of halogens is 5. The van der Waals surface area contributed by atoms with Crippen LogP contribution in [0.4, 0.5) is 13.2 Å². The molecule has 11 heteroatoms. The first-order valence-corrected chi connectivity index (χ1v) is 13.6. The number of rotatable bonds is 6. The SMILES string of the molecule is Cc1ccc2[nH]c(C(=O)NN=Cc3cc(Br)ccc3OC(=O)c3cccc(C(F)(F)F)c3)c(-c3ccccc3Cl)c2c1. The molecule has 6 nitrogen and oxygen atoms in total. The highest BCUT2D eigenvalue weighted by atomic mass is 79.9. The summed E-state index contributed by atoms with van der Waals surface area (Å²) in [6.07, 6.45) is -3.35. The van der Waals surface area contributed by atoms with Crippen molar-refractivity contribution in [3.63, 3.8) is 0 Å². The average Bonchev–Trinajstić information content (AvgIpc) is 3.32. The number of carbonyl (C=O) groups excluding carboxylic acids is 2. The van der Waals surface area contributed by atoms with Gasteiger partial charge in [-0.25, -0.2) is 10.2 Å². The van der Waals surface area contributed by atoms with Gasteiger partial charge in [0.05, 0.1) is 17.3 Å². The Morgan fingerprint density at radius 2 is 1.79 bits per heavy atom. The topological polar surface area (TPSA) is 83.6 Å². The molecule has 0 unspecified atom stereocenters. The van der Waals surface area contributed by atoms with Crippen LogP contribution in [0.5, 0.6) is 5.75 Å². The van der Waals surface area contributed by atoms with Crippen LogP contribution in [0.25, 0.3) is 22.0 Å². The number of aromatic nitrogens is 1. The van der Waals surface area contributed by atoms with Crippen molar-refractivity contribution in [3.05, 3.63) is 122 Å². The Labute approximate surface area is 251 Å². The summed E-state index contributed by atoms with van der Waals surface area (Å²) < 4.78 is 45.3. The van der Waals surface area contributed by atoms with Gasteiger partial charge >= 0.3 is 12.1 Å². The van der Waals surface area contributed by atoms with Crippen LogP contribution in [0.3, 0.4) is 0 Å². The largest absolute Gasteiger partial charge is 0.422 e. The number of ether oxygens (including phenoxy) is 1. The van der Waals surface area contributed by atoms with E-state index >= 15 is 0 Å². The molecule has 5 aromatic rings. The van der Waals surface area contributed by atoms with Crippen LogP contribution < -0.4 is 10.2 Å². The van der Waals surface area contributed by atoms with E-state index in [1.165, 1.54) is 18.3 Å². The summed E-state index contributed by atoms with van der Waals surface area (Å²) in [6, 6.07) is 21.5. The van der Waals surface area contributed by atoms with E-state index in [4.69, 9.17) is 16.3 Å². The maximum absolute atomic E-state index is 13.3. The number of benzene rings is 4. The summed E-state index contributed by atoms with van der Waals surface area (Å²) in [5.74, 6) is -1.51. The van der Waals surface area contributed by atoms with Crippen LogP contribution in [0, 0.1) is 6.92 Å². The van der Waals surface area contributed by atoms with Crippen molar-refractivity contribution in [3.8, 4) is 16.9 Å². The van der Waals surface area contributed by atoms with Crippen LogP contribution in [0.15, 0.2) is 94.5 Å². The highest BCUT2D eigenvalue weighted by molar-refractivity contribution is 9.10. The van der Waals surface area contributed by atoms with Crippen LogP contribution >= 0.6 is 27.5 Å². The van der Waals surface area contributed by atoms with Gasteiger partial charge in [-0.2, -0.15) is 18.3 Å². The molecule has 0 saturated carbocycles. The van der Waals surface area contributed by atoms with E-state index in [0.29, 0.717) is 26.7 Å². The number of esters is 1. The predicted molar refractivity (Wildman–Crippen MR) is 159 cm³/mol. The summed E-state index contributed by atoms with van der Waals surface area (Å²) in [5, 5.41) is 5.34. The second-order valence-corrected chi connectivity index (χ2v) is 10.6. The molecule has 42 heavy (non-hydrogen) atoms. The molecule has 0 radical (unpaired) electrons. The highest BCUT2D eigenvalue weighted by Crippen LogP contribution is 2.37. The molecule has 0 aliphatic heterocycles. The normalized spacial score (nSPS) is 11.7. The van der Waals surface area contributed by atoms with Crippen LogP contribution in [0.1, 0.15) is 37.5 Å². The minimum absolute atomic E-state index is 0.0245. The molecule has 0 aliphatic carbocycles. The third-order valence-corrected chi connectivity index (χ3v) is 7.12. The zero-order chi connectivity index (χ0) is 30.0. The first kappa shape index (κ1) is 29.1. The average molecular weight is 655 g/mol. The number of carbonyl (C=O) groups is 2. The van der Waals surface area contributed by atoms with Crippen molar-refractivity contribution in [1.82, 2.24) is 10.4 Å². The maximum Gasteiger partial charge on any atom is 0.416 e. The van der Waals surface area contributed by atoms with E-state index in [-0.39, 0.29) is 22.6 Å². The Hall–Kier alpha value is -4.41. The fraction of sp³-hybridized carbons (Fsp3) is 0.0645. The van der Waals surface area contributed by atoms with E-state index < -0.39 is 23.6 Å². The molecule has 2 N–H and O–H groups in total. The molecule has 0 aliphatic rings. The first-order valence-electron chi connectivity index (χ1n) is 12.4. The number of amides is 1. The number of aryl methyl sites for hydroxylation is 1. The van der Waals surface area contributed by atoms with Crippen LogP contribution in [0.2, 0.25) is 5.02 Å². The molecule has 0 atom stereocenters. The minimum Gasteiger partial charge on any atom is -0.422 e. The summed E-state index contributed by atoms with van der Waals surface area (Å²) in [4.78, 5) is 29.2. The second-order valence-electron chi connectivity index (χ2n) is 9.25. The quantitative estimate of drug-likeness (QED) is 0.0833. The smallest absolute Gasteiger partial charge is 0.416 e. The molecule has 0 bridgehead atoms. The number of H-pyrrole nitrogens is 1. The van der Waals surface area contributed by atoms with Gasteiger partial charge in [0.25, 0.3) is 5.91 Å². The summed E-state index contributed by atoms with van der Waals surface area (Å²) in [5.41, 5.74) is 4.78. The van der Waals surface area contributed by atoms with Gasteiger partial charge < -0.3 is 9.72 Å². The van der Waals surface area contributed by atoms with Crippen molar-refractivity contribution in [2.24, 2.45) is 5.10 Å². The van der Waals surface area contributed by atoms with E-state index in [1.807, 2.05) is 37.3 Å². The Morgan fingerprint density at radius 1 is 1.00 bits per heavy atom. The lowest BCUT2D eigenvalue weighted by Crippen LogP contribution is -2.19. The number of hydrogen-bond acceptors (Lipinski definition) is 4. The number of hydrogen-bond donors (Lipinski definition) is 2. The van der Waals surface area contributed by atoms with Gasteiger partial charge in [0, 0.05) is 37.1 Å². The number of nitrogens with one attached hydrogen (secondary N) is 2. The molecular weight excluding hydrogens is 635 g/mol. The summed E-state index contributed by atoms with van der Waals surface area (Å²) >= 11 is 9.82. The van der Waals surface area contributed by atoms with Crippen molar-refractivity contribution >= 4 is 56.5 Å². The van der Waals surface area contributed by atoms with Crippen molar-refractivity contribution in [1.29, 1.82) is 0 Å². The molecule has 5 rings (SSSR count). The van der Waals surface area contributed by atoms with E-state index in [9.17, 15) is 22.8 Å². The molecular formula is C31H20BrClF3N3O3. The van der Waals surface area contributed by atoms with Gasteiger partial charge in [-0.3, -0.25) is 4.79 Å². The summed E-state index contributed by atoms with van der Waals surface area (Å²) in [6.45, 7) is 1.95. The Balaban J connectivity index is 1.41. The molecule has 0 fully saturated rings. The van der Waals surface area contributed by atoms with Crippen molar-refractivity contribution < 1.29 is 27.5 Å². The number of aromatic amines is 1. The van der Waals surface area contributed by atoms with Gasteiger partial charge in [-0.05, 0) is 61.5 Å². The Kier molecular flexibility index (Phi) is 8.20. The van der Waals surface area contributed by atoms with Gasteiger partial charge in [-0.15, -0.1) is 0 Å². The Bertz CT molecular complexity index is 1870. The second kappa shape index (κ2) is 11.8.